The third kappa shape index (κ3) is 3.40. The van der Waals surface area contributed by atoms with Gasteiger partial charge in [0.25, 0.3) is 0 Å². The lowest BCUT2D eigenvalue weighted by molar-refractivity contribution is -0.120. The fourth-order valence-corrected chi connectivity index (χ4v) is 2.18. The van der Waals surface area contributed by atoms with Crippen LogP contribution in [0, 0.1) is 0 Å². The van der Waals surface area contributed by atoms with Gasteiger partial charge in [-0.1, -0.05) is 19.1 Å². The molecular formula is C15H21NO3. The van der Waals surface area contributed by atoms with E-state index in [-0.39, 0.29) is 11.5 Å². The van der Waals surface area contributed by atoms with E-state index >= 15 is 0 Å². The van der Waals surface area contributed by atoms with Crippen LogP contribution in [0.5, 0.6) is 11.5 Å². The molecule has 0 saturated carbocycles. The SMILES string of the molecule is CCC(=O)NCCOc1cccc2c1OC(C)(C)C2. The first-order valence-electron chi connectivity index (χ1n) is 6.72. The maximum absolute atomic E-state index is 11.1. The van der Waals surface area contributed by atoms with Gasteiger partial charge in [-0.15, -0.1) is 0 Å². The van der Waals surface area contributed by atoms with Crippen molar-refractivity contribution in [3.8, 4) is 11.5 Å². The van der Waals surface area contributed by atoms with Crippen molar-refractivity contribution in [2.45, 2.75) is 39.2 Å². The predicted octanol–water partition coefficient (Wildman–Crippen LogP) is 2.31. The highest BCUT2D eigenvalue weighted by Gasteiger charge is 2.32. The van der Waals surface area contributed by atoms with Crippen molar-refractivity contribution in [2.75, 3.05) is 13.2 Å². The summed E-state index contributed by atoms with van der Waals surface area (Å²) in [4.78, 5) is 11.1. The first-order valence-corrected chi connectivity index (χ1v) is 6.72. The fraction of sp³-hybridized carbons (Fsp3) is 0.533. The van der Waals surface area contributed by atoms with E-state index in [2.05, 4.69) is 25.2 Å². The maximum Gasteiger partial charge on any atom is 0.219 e. The molecule has 4 nitrogen and oxygen atoms in total. The fourth-order valence-electron chi connectivity index (χ4n) is 2.18. The zero-order chi connectivity index (χ0) is 13.9. The first-order chi connectivity index (χ1) is 9.02. The van der Waals surface area contributed by atoms with Crippen molar-refractivity contribution in [3.05, 3.63) is 23.8 Å². The Labute approximate surface area is 114 Å². The average Bonchev–Trinajstić information content (AvgIpc) is 2.68. The Bertz CT molecular complexity index is 468. The van der Waals surface area contributed by atoms with E-state index in [1.807, 2.05) is 19.1 Å². The highest BCUT2D eigenvalue weighted by atomic mass is 16.5. The summed E-state index contributed by atoms with van der Waals surface area (Å²) in [6.07, 6.45) is 1.39. The zero-order valence-corrected chi connectivity index (χ0v) is 11.8. The molecule has 2 rings (SSSR count). The molecule has 0 aliphatic carbocycles. The molecule has 1 aromatic rings. The number of rotatable bonds is 5. The Morgan fingerprint density at radius 2 is 2.26 bits per heavy atom. The molecule has 0 aromatic heterocycles. The van der Waals surface area contributed by atoms with E-state index in [4.69, 9.17) is 9.47 Å². The summed E-state index contributed by atoms with van der Waals surface area (Å²) in [5.41, 5.74) is 1.01. The van der Waals surface area contributed by atoms with Crippen LogP contribution in [-0.2, 0) is 11.2 Å². The van der Waals surface area contributed by atoms with Crippen molar-refractivity contribution in [3.63, 3.8) is 0 Å². The molecule has 1 aromatic carbocycles. The van der Waals surface area contributed by atoms with Crippen LogP contribution in [0.1, 0.15) is 32.8 Å². The van der Waals surface area contributed by atoms with Crippen LogP contribution in [0.4, 0.5) is 0 Å². The molecule has 0 saturated heterocycles. The number of hydrogen-bond acceptors (Lipinski definition) is 3. The van der Waals surface area contributed by atoms with E-state index in [9.17, 15) is 4.79 Å². The van der Waals surface area contributed by atoms with Crippen LogP contribution in [0.3, 0.4) is 0 Å². The lowest BCUT2D eigenvalue weighted by atomic mass is 10.0. The molecule has 1 heterocycles. The number of fused-ring (bicyclic) bond motifs is 1. The van der Waals surface area contributed by atoms with Crippen LogP contribution in [-0.4, -0.2) is 24.7 Å². The number of benzene rings is 1. The molecule has 19 heavy (non-hydrogen) atoms. The molecule has 1 N–H and O–H groups in total. The monoisotopic (exact) mass is 263 g/mol. The highest BCUT2D eigenvalue weighted by molar-refractivity contribution is 5.75. The molecule has 0 spiro atoms. The summed E-state index contributed by atoms with van der Waals surface area (Å²) in [5, 5.41) is 2.78. The number of carbonyl (C=O) groups is 1. The smallest absolute Gasteiger partial charge is 0.219 e. The number of ether oxygens (including phenoxy) is 2. The van der Waals surface area contributed by atoms with Crippen LogP contribution in [0.15, 0.2) is 18.2 Å². The third-order valence-electron chi connectivity index (χ3n) is 3.06. The van der Waals surface area contributed by atoms with Crippen LogP contribution >= 0.6 is 0 Å². The minimum absolute atomic E-state index is 0.0410. The summed E-state index contributed by atoms with van der Waals surface area (Å²) in [6, 6.07) is 5.95. The predicted molar refractivity (Wildman–Crippen MR) is 73.6 cm³/mol. The summed E-state index contributed by atoms with van der Waals surface area (Å²) in [6.45, 7) is 6.93. The minimum atomic E-state index is -0.168. The van der Waals surface area contributed by atoms with E-state index in [1.165, 1.54) is 5.56 Å². The van der Waals surface area contributed by atoms with E-state index in [0.29, 0.717) is 19.6 Å². The molecule has 0 bridgehead atoms. The van der Waals surface area contributed by atoms with Crippen molar-refractivity contribution in [2.24, 2.45) is 0 Å². The molecule has 1 aliphatic heterocycles. The van der Waals surface area contributed by atoms with Gasteiger partial charge in [-0.25, -0.2) is 0 Å². The average molecular weight is 263 g/mol. The molecule has 0 atom stereocenters. The van der Waals surface area contributed by atoms with E-state index in [0.717, 1.165) is 17.9 Å². The summed E-state index contributed by atoms with van der Waals surface area (Å²) in [7, 11) is 0. The van der Waals surface area contributed by atoms with Gasteiger partial charge in [0, 0.05) is 18.4 Å². The minimum Gasteiger partial charge on any atom is -0.488 e. The lowest BCUT2D eigenvalue weighted by Crippen LogP contribution is -2.27. The molecule has 1 aliphatic rings. The van der Waals surface area contributed by atoms with Crippen LogP contribution in [0.25, 0.3) is 0 Å². The number of carbonyl (C=O) groups excluding carboxylic acids is 1. The molecule has 0 fully saturated rings. The van der Waals surface area contributed by atoms with E-state index < -0.39 is 0 Å². The summed E-state index contributed by atoms with van der Waals surface area (Å²) >= 11 is 0. The third-order valence-corrected chi connectivity index (χ3v) is 3.06. The highest BCUT2D eigenvalue weighted by Crippen LogP contribution is 2.41. The number of nitrogens with one attached hydrogen (secondary N) is 1. The Morgan fingerprint density at radius 3 is 3.00 bits per heavy atom. The quantitative estimate of drug-likeness (QED) is 0.829. The van der Waals surface area contributed by atoms with Crippen molar-refractivity contribution in [1.82, 2.24) is 5.32 Å². The van der Waals surface area contributed by atoms with Gasteiger partial charge in [0.2, 0.25) is 5.91 Å². The molecule has 1 amide bonds. The number of amides is 1. The van der Waals surface area contributed by atoms with Gasteiger partial charge in [0.1, 0.15) is 12.2 Å². The molecule has 4 heteroatoms. The normalized spacial score (nSPS) is 15.5. The molecule has 104 valence electrons. The Hall–Kier alpha value is -1.71. The van der Waals surface area contributed by atoms with Crippen LogP contribution in [0.2, 0.25) is 0 Å². The van der Waals surface area contributed by atoms with Gasteiger partial charge >= 0.3 is 0 Å². The van der Waals surface area contributed by atoms with Gasteiger partial charge in [-0.05, 0) is 19.9 Å². The largest absolute Gasteiger partial charge is 0.488 e. The van der Waals surface area contributed by atoms with Crippen molar-refractivity contribution < 1.29 is 14.3 Å². The van der Waals surface area contributed by atoms with Gasteiger partial charge in [0.05, 0.1) is 6.54 Å². The van der Waals surface area contributed by atoms with Gasteiger partial charge < -0.3 is 14.8 Å². The number of hydrogen-bond donors (Lipinski definition) is 1. The number of para-hydroxylation sites is 1. The van der Waals surface area contributed by atoms with Crippen molar-refractivity contribution in [1.29, 1.82) is 0 Å². The lowest BCUT2D eigenvalue weighted by Gasteiger charge is -2.18. The second-order valence-electron chi connectivity index (χ2n) is 5.33. The second kappa shape index (κ2) is 5.51. The van der Waals surface area contributed by atoms with Crippen molar-refractivity contribution >= 4 is 5.91 Å². The van der Waals surface area contributed by atoms with E-state index in [1.54, 1.807) is 0 Å². The van der Waals surface area contributed by atoms with Gasteiger partial charge in [-0.3, -0.25) is 4.79 Å². The molecule has 0 radical (unpaired) electrons. The van der Waals surface area contributed by atoms with Gasteiger partial charge in [0.15, 0.2) is 11.5 Å². The molecular weight excluding hydrogens is 242 g/mol. The first kappa shape index (κ1) is 13.7. The zero-order valence-electron chi connectivity index (χ0n) is 11.8. The molecule has 0 unspecified atom stereocenters. The summed E-state index contributed by atoms with van der Waals surface area (Å²) < 4.78 is 11.6. The summed E-state index contributed by atoms with van der Waals surface area (Å²) in [5.74, 6) is 1.64. The Morgan fingerprint density at radius 1 is 1.47 bits per heavy atom. The maximum atomic E-state index is 11.1. The Balaban J connectivity index is 1.92. The second-order valence-corrected chi connectivity index (χ2v) is 5.33. The Kier molecular flexibility index (Phi) is 3.98. The standard InChI is InChI=1S/C15H21NO3/c1-4-13(17)16-8-9-18-12-7-5-6-11-10-15(2,3)19-14(11)12/h5-7H,4,8-10H2,1-3H3,(H,16,17). The van der Waals surface area contributed by atoms with Crippen LogP contribution < -0.4 is 14.8 Å². The van der Waals surface area contributed by atoms with Gasteiger partial charge in [-0.2, -0.15) is 0 Å². The topological polar surface area (TPSA) is 47.6 Å².